The van der Waals surface area contributed by atoms with E-state index in [1.807, 2.05) is 20.8 Å². The summed E-state index contributed by atoms with van der Waals surface area (Å²) in [5, 5.41) is 10.0. The summed E-state index contributed by atoms with van der Waals surface area (Å²) < 4.78 is 5.92. The van der Waals surface area contributed by atoms with Crippen LogP contribution in [-0.2, 0) is 20.8 Å². The molecule has 1 aromatic heterocycles. The Hall–Kier alpha value is -2.90. The lowest BCUT2D eigenvalue weighted by molar-refractivity contribution is -0.160. The predicted octanol–water partition coefficient (Wildman–Crippen LogP) is 4.66. The molecule has 0 radical (unpaired) electrons. The molecule has 1 atom stereocenters. The third-order valence-corrected chi connectivity index (χ3v) is 7.51. The molecule has 2 heterocycles. The third-order valence-electron chi connectivity index (χ3n) is 6.20. The number of methoxy groups -OCH3 is 1. The van der Waals surface area contributed by atoms with Gasteiger partial charge in [0.25, 0.3) is 0 Å². The second kappa shape index (κ2) is 12.6. The summed E-state index contributed by atoms with van der Waals surface area (Å²) in [5.41, 5.74) is 2.42. The fourth-order valence-electron chi connectivity index (χ4n) is 4.33. The Morgan fingerprint density at radius 3 is 2.65 bits per heavy atom. The first-order chi connectivity index (χ1) is 17.5. The zero-order valence-corrected chi connectivity index (χ0v) is 23.9. The summed E-state index contributed by atoms with van der Waals surface area (Å²) in [6, 6.07) is 2.19. The molecule has 1 N–H and O–H groups in total. The van der Waals surface area contributed by atoms with Crippen LogP contribution < -0.4 is 4.74 Å². The number of carbonyl (C=O) groups excluding carboxylic acids is 2. The average molecular weight is 591 g/mol. The highest BCUT2D eigenvalue weighted by Gasteiger charge is 2.41. The number of thiazole rings is 1. The van der Waals surface area contributed by atoms with Crippen molar-refractivity contribution in [2.75, 3.05) is 20.2 Å². The minimum atomic E-state index is -1.25. The van der Waals surface area contributed by atoms with Crippen LogP contribution in [0.5, 0.6) is 5.75 Å². The lowest BCUT2D eigenvalue weighted by Crippen LogP contribution is -2.55. The maximum absolute atomic E-state index is 13.4. The number of unbranched alkanes of at least 4 members (excludes halogenated alkanes) is 3. The summed E-state index contributed by atoms with van der Waals surface area (Å²) in [5.74, 6) is 4.15. The molecule has 2 aromatic rings. The number of halogens is 1. The molecular weight excluding hydrogens is 558 g/mol. The molecule has 0 fully saturated rings. The van der Waals surface area contributed by atoms with Gasteiger partial charge in [-0.05, 0) is 79.2 Å². The molecular formula is C27H32BrN3O5S. The van der Waals surface area contributed by atoms with Gasteiger partial charge in [-0.1, -0.05) is 18.3 Å². The fourth-order valence-corrected chi connectivity index (χ4v) is 5.34. The summed E-state index contributed by atoms with van der Waals surface area (Å²) in [6.07, 6.45) is 5.38. The van der Waals surface area contributed by atoms with E-state index in [2.05, 4.69) is 32.8 Å². The van der Waals surface area contributed by atoms with Crippen molar-refractivity contribution in [3.05, 3.63) is 44.3 Å². The molecule has 0 saturated heterocycles. The molecule has 1 aliphatic heterocycles. The molecule has 198 valence electrons. The molecule has 0 bridgehead atoms. The van der Waals surface area contributed by atoms with Crippen LogP contribution in [0.3, 0.4) is 0 Å². The Bertz CT molecular complexity index is 1200. The molecule has 8 nitrogen and oxygen atoms in total. The Morgan fingerprint density at radius 2 is 2.03 bits per heavy atom. The van der Waals surface area contributed by atoms with Gasteiger partial charge >= 0.3 is 17.8 Å². The number of carbonyl (C=O) groups is 3. The number of fused-ring (bicyclic) bond motifs is 1. The Balaban J connectivity index is 1.68. The van der Waals surface area contributed by atoms with Gasteiger partial charge in [-0.15, -0.1) is 11.3 Å². The first-order valence-corrected chi connectivity index (χ1v) is 13.8. The van der Waals surface area contributed by atoms with E-state index in [-0.39, 0.29) is 6.54 Å². The topological polar surface area (TPSA) is 100 Å². The zero-order valence-electron chi connectivity index (χ0n) is 21.5. The number of rotatable bonds is 7. The van der Waals surface area contributed by atoms with E-state index in [9.17, 15) is 19.5 Å². The van der Waals surface area contributed by atoms with Crippen molar-refractivity contribution in [3.8, 4) is 17.6 Å². The van der Waals surface area contributed by atoms with Gasteiger partial charge in [-0.25, -0.2) is 4.79 Å². The van der Waals surface area contributed by atoms with E-state index in [4.69, 9.17) is 4.74 Å². The largest absolute Gasteiger partial charge is 0.496 e. The van der Waals surface area contributed by atoms with E-state index < -0.39 is 29.4 Å². The number of ether oxygens (including phenoxy) is 1. The smallest absolute Gasteiger partial charge is 0.331 e. The number of aromatic nitrogens is 1. The molecule has 1 aromatic carbocycles. The van der Waals surface area contributed by atoms with Crippen LogP contribution in [0.15, 0.2) is 28.3 Å². The van der Waals surface area contributed by atoms with E-state index in [0.717, 1.165) is 36.1 Å². The van der Waals surface area contributed by atoms with Gasteiger partial charge < -0.3 is 19.6 Å². The van der Waals surface area contributed by atoms with Gasteiger partial charge in [0.15, 0.2) is 6.04 Å². The maximum atomic E-state index is 13.4. The monoisotopic (exact) mass is 589 g/mol. The molecule has 0 aliphatic carbocycles. The highest BCUT2D eigenvalue weighted by atomic mass is 79.9. The predicted molar refractivity (Wildman–Crippen MR) is 145 cm³/mol. The lowest BCUT2D eigenvalue weighted by Gasteiger charge is -2.39. The summed E-state index contributed by atoms with van der Waals surface area (Å²) in [4.78, 5) is 46.8. The lowest BCUT2D eigenvalue weighted by atomic mass is 9.92. The van der Waals surface area contributed by atoms with Gasteiger partial charge in [0, 0.05) is 25.0 Å². The molecule has 3 rings (SSSR count). The van der Waals surface area contributed by atoms with Crippen molar-refractivity contribution in [1.29, 1.82) is 0 Å². The minimum absolute atomic E-state index is 0.135. The number of hydrogen-bond acceptors (Lipinski definition) is 6. The van der Waals surface area contributed by atoms with Crippen molar-refractivity contribution in [2.24, 2.45) is 0 Å². The second-order valence-electron chi connectivity index (χ2n) is 9.78. The summed E-state index contributed by atoms with van der Waals surface area (Å²) in [6.45, 7) is 6.17. The van der Waals surface area contributed by atoms with E-state index in [0.29, 0.717) is 28.8 Å². The number of amides is 2. The first-order valence-electron chi connectivity index (χ1n) is 12.1. The van der Waals surface area contributed by atoms with Gasteiger partial charge in [-0.3, -0.25) is 14.6 Å². The molecule has 10 heteroatoms. The summed E-state index contributed by atoms with van der Waals surface area (Å²) >= 11 is 4.91. The molecule has 2 amide bonds. The van der Waals surface area contributed by atoms with Crippen molar-refractivity contribution >= 4 is 45.1 Å². The standard InChI is InChI=1S/C27H32BrN3O5S/c1-27(2,3)31(12-9-7-5-6-8-10-19-16-29-17-37-19)25(33)24(32)30-13-11-18-14-22(36-4)21(28)15-20(18)23(30)26(34)35/h14-17,23H,5-7,9,11-13H2,1-4H3,(H,34,35). The number of nitrogens with zero attached hydrogens (tertiary/aromatic N) is 3. The highest BCUT2D eigenvalue weighted by Crippen LogP contribution is 2.37. The van der Waals surface area contributed by atoms with Crippen molar-refractivity contribution in [2.45, 2.75) is 64.5 Å². The van der Waals surface area contributed by atoms with E-state index in [1.54, 1.807) is 28.7 Å². The minimum Gasteiger partial charge on any atom is -0.496 e. The Kier molecular flexibility index (Phi) is 9.74. The number of carboxylic acids is 1. The first kappa shape index (κ1) is 28.7. The molecule has 0 saturated carbocycles. The van der Waals surface area contributed by atoms with Gasteiger partial charge in [0.2, 0.25) is 0 Å². The van der Waals surface area contributed by atoms with Crippen LogP contribution in [0.1, 0.15) is 68.5 Å². The third kappa shape index (κ3) is 7.11. The van der Waals surface area contributed by atoms with Gasteiger partial charge in [0.1, 0.15) is 5.75 Å². The van der Waals surface area contributed by atoms with E-state index in [1.165, 1.54) is 23.3 Å². The molecule has 1 unspecified atom stereocenters. The van der Waals surface area contributed by atoms with Crippen molar-refractivity contribution < 1.29 is 24.2 Å². The fraction of sp³-hybridized carbons (Fsp3) is 0.481. The summed E-state index contributed by atoms with van der Waals surface area (Å²) in [7, 11) is 1.54. The average Bonchev–Trinajstić information content (AvgIpc) is 3.36. The van der Waals surface area contributed by atoms with Gasteiger partial charge in [-0.2, -0.15) is 0 Å². The number of hydrogen-bond donors (Lipinski definition) is 1. The van der Waals surface area contributed by atoms with E-state index >= 15 is 0 Å². The van der Waals surface area contributed by atoms with Crippen molar-refractivity contribution in [3.63, 3.8) is 0 Å². The molecule has 1 aliphatic rings. The quantitative estimate of drug-likeness (QED) is 0.286. The number of aliphatic carboxylic acids is 1. The number of carboxylic acid groups (broad SMARTS) is 1. The van der Waals surface area contributed by atoms with Crippen LogP contribution >= 0.6 is 27.3 Å². The Morgan fingerprint density at radius 1 is 1.27 bits per heavy atom. The van der Waals surface area contributed by atoms with Crippen LogP contribution in [0.2, 0.25) is 0 Å². The number of benzene rings is 1. The SMILES string of the molecule is COc1cc2c(cc1Br)C(C(=O)O)N(C(=O)C(=O)N(CCCCCC#Cc1cncs1)C(C)(C)C)CC2. The van der Waals surface area contributed by atoms with Gasteiger partial charge in [0.05, 0.1) is 28.2 Å². The second-order valence-corrected chi connectivity index (χ2v) is 11.5. The van der Waals surface area contributed by atoms with Crippen LogP contribution in [0.4, 0.5) is 0 Å². The van der Waals surface area contributed by atoms with Crippen LogP contribution in [0, 0.1) is 11.8 Å². The maximum Gasteiger partial charge on any atom is 0.331 e. The normalized spacial score (nSPS) is 14.8. The zero-order chi connectivity index (χ0) is 27.2. The highest BCUT2D eigenvalue weighted by molar-refractivity contribution is 9.10. The molecule has 37 heavy (non-hydrogen) atoms. The Labute approximate surface area is 230 Å². The van der Waals surface area contributed by atoms with Crippen molar-refractivity contribution in [1.82, 2.24) is 14.8 Å². The molecule has 0 spiro atoms. The van der Waals surface area contributed by atoms with Crippen LogP contribution in [-0.4, -0.2) is 63.4 Å². The van der Waals surface area contributed by atoms with Crippen LogP contribution in [0.25, 0.3) is 0 Å².